The Kier molecular flexibility index (Phi) is 4.49. The second-order valence-electron chi connectivity index (χ2n) is 6.20. The number of fused-ring (bicyclic) bond motifs is 2. The highest BCUT2D eigenvalue weighted by Gasteiger charge is 2.26. The molecule has 7 heteroatoms. The van der Waals surface area contributed by atoms with Gasteiger partial charge in [-0.05, 0) is 23.8 Å². The lowest BCUT2D eigenvalue weighted by Gasteiger charge is -2.19. The van der Waals surface area contributed by atoms with Gasteiger partial charge >= 0.3 is 0 Å². The van der Waals surface area contributed by atoms with Crippen molar-refractivity contribution in [3.8, 4) is 11.1 Å². The van der Waals surface area contributed by atoms with Gasteiger partial charge in [0.15, 0.2) is 5.65 Å². The van der Waals surface area contributed by atoms with Crippen molar-refractivity contribution in [2.24, 2.45) is 0 Å². The highest BCUT2D eigenvalue weighted by atomic mass is 16.6. The van der Waals surface area contributed by atoms with Gasteiger partial charge in [-0.2, -0.15) is 5.10 Å². The van der Waals surface area contributed by atoms with Gasteiger partial charge in [0.05, 0.1) is 17.2 Å². The number of anilines is 1. The molecule has 2 aromatic heterocycles. The first-order chi connectivity index (χ1) is 13.7. The molecule has 1 aliphatic rings. The molecule has 0 aliphatic carbocycles. The topological polar surface area (TPSA) is 96.7 Å². The van der Waals surface area contributed by atoms with E-state index in [4.69, 9.17) is 0 Å². The van der Waals surface area contributed by atoms with Gasteiger partial charge in [-0.3, -0.25) is 10.1 Å². The highest BCUT2D eigenvalue weighted by molar-refractivity contribution is 6.00. The van der Waals surface area contributed by atoms with E-state index in [-0.39, 0.29) is 16.7 Å². The third-order valence-corrected chi connectivity index (χ3v) is 4.77. The molecule has 5 rings (SSSR count). The van der Waals surface area contributed by atoms with Crippen LogP contribution in [0.15, 0.2) is 60.9 Å². The summed E-state index contributed by atoms with van der Waals surface area (Å²) in [7, 11) is 0. The number of aromatic nitrogens is 3. The number of rotatable bonds is 2. The van der Waals surface area contributed by atoms with Crippen LogP contribution < -0.4 is 5.32 Å². The van der Waals surface area contributed by atoms with E-state index in [9.17, 15) is 10.1 Å². The van der Waals surface area contributed by atoms with Gasteiger partial charge in [-0.1, -0.05) is 32.0 Å². The number of nitrogens with zero attached hydrogens (tertiary/aromatic N) is 3. The van der Waals surface area contributed by atoms with Crippen LogP contribution in [0.5, 0.6) is 0 Å². The van der Waals surface area contributed by atoms with Gasteiger partial charge in [0, 0.05) is 46.1 Å². The minimum atomic E-state index is -0.390. The van der Waals surface area contributed by atoms with Crippen LogP contribution >= 0.6 is 0 Å². The Morgan fingerprint density at radius 1 is 1.04 bits per heavy atom. The average molecular weight is 373 g/mol. The van der Waals surface area contributed by atoms with Crippen molar-refractivity contribution in [1.29, 1.82) is 0 Å². The summed E-state index contributed by atoms with van der Waals surface area (Å²) < 4.78 is 0. The number of nitrogens with one attached hydrogen (secondary N) is 2. The Bertz CT molecular complexity index is 1150. The molecule has 0 saturated carbocycles. The van der Waals surface area contributed by atoms with Crippen molar-refractivity contribution < 1.29 is 4.92 Å². The van der Waals surface area contributed by atoms with Crippen LogP contribution in [0.3, 0.4) is 0 Å². The first-order valence-electron chi connectivity index (χ1n) is 9.15. The molecule has 1 atom stereocenters. The van der Waals surface area contributed by atoms with E-state index >= 15 is 0 Å². The zero-order valence-corrected chi connectivity index (χ0v) is 15.5. The van der Waals surface area contributed by atoms with E-state index in [1.807, 2.05) is 44.3 Å². The van der Waals surface area contributed by atoms with Crippen LogP contribution in [0.2, 0.25) is 0 Å². The Balaban J connectivity index is 0.000000932. The number of hydrogen-bond acceptors (Lipinski definition) is 5. The number of nitro groups is 1. The van der Waals surface area contributed by atoms with Gasteiger partial charge in [0.1, 0.15) is 0 Å². The number of benzene rings is 2. The molecule has 0 bridgehead atoms. The summed E-state index contributed by atoms with van der Waals surface area (Å²) in [6.07, 6.45) is 3.70. The van der Waals surface area contributed by atoms with Crippen molar-refractivity contribution in [3.05, 3.63) is 82.2 Å². The largest absolute Gasteiger partial charge is 0.374 e. The van der Waals surface area contributed by atoms with E-state index in [2.05, 4.69) is 20.5 Å². The van der Waals surface area contributed by atoms with Gasteiger partial charge in [-0.15, -0.1) is 5.10 Å². The fourth-order valence-electron chi connectivity index (χ4n) is 3.56. The minimum Gasteiger partial charge on any atom is -0.374 e. The van der Waals surface area contributed by atoms with Gasteiger partial charge < -0.3 is 10.3 Å². The summed E-state index contributed by atoms with van der Waals surface area (Å²) in [6.45, 7) is 4.00. The lowest BCUT2D eigenvalue weighted by Crippen LogP contribution is -2.11. The molecule has 1 aliphatic heterocycles. The van der Waals surface area contributed by atoms with Crippen LogP contribution in [0.25, 0.3) is 22.2 Å². The second-order valence-corrected chi connectivity index (χ2v) is 6.20. The fourth-order valence-corrected chi connectivity index (χ4v) is 3.56. The molecule has 1 unspecified atom stereocenters. The minimum absolute atomic E-state index is 0.0771. The van der Waals surface area contributed by atoms with E-state index in [0.29, 0.717) is 0 Å². The maximum atomic E-state index is 11.0. The molecule has 28 heavy (non-hydrogen) atoms. The normalized spacial score (nSPS) is 14.3. The molecule has 140 valence electrons. The van der Waals surface area contributed by atoms with E-state index < -0.39 is 0 Å². The number of nitro benzene ring substituents is 1. The number of para-hydroxylation sites is 1. The fraction of sp³-hybridized carbons (Fsp3) is 0.143. The third kappa shape index (κ3) is 2.77. The predicted molar refractivity (Wildman–Crippen MR) is 109 cm³/mol. The van der Waals surface area contributed by atoms with Crippen LogP contribution in [0.1, 0.15) is 31.0 Å². The monoisotopic (exact) mass is 373 g/mol. The molecule has 7 nitrogen and oxygen atoms in total. The summed E-state index contributed by atoms with van der Waals surface area (Å²) in [4.78, 5) is 13.7. The highest BCUT2D eigenvalue weighted by Crippen LogP contribution is 2.43. The Morgan fingerprint density at radius 2 is 1.79 bits per heavy atom. The molecule has 2 N–H and O–H groups in total. The van der Waals surface area contributed by atoms with E-state index in [1.165, 1.54) is 12.1 Å². The maximum Gasteiger partial charge on any atom is 0.269 e. The van der Waals surface area contributed by atoms with Gasteiger partial charge in [0.25, 0.3) is 5.69 Å². The van der Waals surface area contributed by atoms with Crippen molar-refractivity contribution in [3.63, 3.8) is 0 Å². The quantitative estimate of drug-likeness (QED) is 0.377. The number of aromatic amines is 1. The Labute approximate surface area is 161 Å². The molecule has 0 radical (unpaired) electrons. The Hall–Kier alpha value is -3.74. The zero-order chi connectivity index (χ0) is 19.7. The molecular formula is C21H19N5O2. The van der Waals surface area contributed by atoms with Gasteiger partial charge in [-0.25, -0.2) is 0 Å². The molecule has 0 amide bonds. The first-order valence-corrected chi connectivity index (χ1v) is 9.15. The molecule has 4 aromatic rings. The van der Waals surface area contributed by atoms with Crippen molar-refractivity contribution in [2.75, 3.05) is 5.32 Å². The lowest BCUT2D eigenvalue weighted by atomic mass is 9.97. The zero-order valence-electron chi connectivity index (χ0n) is 15.5. The Morgan fingerprint density at radius 3 is 2.54 bits per heavy atom. The van der Waals surface area contributed by atoms with Crippen LogP contribution in [0.4, 0.5) is 11.4 Å². The molecule has 0 spiro atoms. The van der Waals surface area contributed by atoms with Crippen molar-refractivity contribution in [2.45, 2.75) is 19.9 Å². The number of H-pyrrole nitrogens is 1. The number of non-ortho nitro benzene ring substituents is 1. The van der Waals surface area contributed by atoms with Gasteiger partial charge in [0.2, 0.25) is 0 Å². The summed E-state index contributed by atoms with van der Waals surface area (Å²) in [6, 6.07) is 14.5. The second kappa shape index (κ2) is 7.11. The average Bonchev–Trinajstić information content (AvgIpc) is 3.11. The van der Waals surface area contributed by atoms with Crippen LogP contribution in [-0.4, -0.2) is 20.1 Å². The van der Waals surface area contributed by atoms with E-state index in [1.54, 1.807) is 18.3 Å². The SMILES string of the molecule is CC.O=[N+]([O-])c1ccc(C2Nc3ccccc3-c3cnnc4[nH]cc2c34)cc1. The first kappa shape index (κ1) is 17.7. The molecule has 0 fully saturated rings. The smallest absolute Gasteiger partial charge is 0.269 e. The molecule has 2 aromatic carbocycles. The summed E-state index contributed by atoms with van der Waals surface area (Å²) in [5, 5.41) is 23.9. The molecule has 0 saturated heterocycles. The van der Waals surface area contributed by atoms with Crippen LogP contribution in [-0.2, 0) is 0 Å². The molecular weight excluding hydrogens is 354 g/mol. The third-order valence-electron chi connectivity index (χ3n) is 4.77. The summed E-state index contributed by atoms with van der Waals surface area (Å²) in [5.41, 5.74) is 5.83. The van der Waals surface area contributed by atoms with Crippen molar-refractivity contribution >= 4 is 22.4 Å². The summed E-state index contributed by atoms with van der Waals surface area (Å²) >= 11 is 0. The maximum absolute atomic E-state index is 11.0. The van der Waals surface area contributed by atoms with Crippen LogP contribution in [0, 0.1) is 10.1 Å². The standard InChI is InChI=1S/C19H13N5O2.C2H6/c25-24(26)12-7-5-11(6-8-12)18-15-9-20-19-17(15)14(10-21-23-19)13-3-1-2-4-16(13)22-18;1-2/h1-10,18,22H,(H,20,23);1-2H3. The lowest BCUT2D eigenvalue weighted by molar-refractivity contribution is -0.384. The van der Waals surface area contributed by atoms with E-state index in [0.717, 1.165) is 39.0 Å². The molecule has 3 heterocycles. The van der Waals surface area contributed by atoms with Crippen molar-refractivity contribution in [1.82, 2.24) is 15.2 Å². The number of hydrogen-bond donors (Lipinski definition) is 2. The summed E-state index contributed by atoms with van der Waals surface area (Å²) in [5.74, 6) is 0. The predicted octanol–water partition coefficient (Wildman–Crippen LogP) is 5.07.